The third kappa shape index (κ3) is 3.41. The Morgan fingerprint density at radius 1 is 1.50 bits per heavy atom. The fourth-order valence-corrected chi connectivity index (χ4v) is 1.93. The van der Waals surface area contributed by atoms with E-state index in [9.17, 15) is 5.11 Å². The SMILES string of the molecule is C#CCN(CCC)c1ccc(C(C)NC)c(O)c1. The first-order chi connectivity index (χ1) is 8.63. The van der Waals surface area contributed by atoms with Gasteiger partial charge in [0.2, 0.25) is 0 Å². The van der Waals surface area contributed by atoms with E-state index in [4.69, 9.17) is 6.42 Å². The van der Waals surface area contributed by atoms with E-state index in [1.807, 2.05) is 26.1 Å². The maximum Gasteiger partial charge on any atom is 0.122 e. The molecule has 0 radical (unpaired) electrons. The van der Waals surface area contributed by atoms with Gasteiger partial charge in [-0.1, -0.05) is 18.9 Å². The number of anilines is 1. The van der Waals surface area contributed by atoms with E-state index >= 15 is 0 Å². The number of phenolic OH excluding ortho intramolecular Hbond substituents is 1. The molecule has 1 aromatic carbocycles. The van der Waals surface area contributed by atoms with Gasteiger partial charge >= 0.3 is 0 Å². The highest BCUT2D eigenvalue weighted by Gasteiger charge is 2.11. The van der Waals surface area contributed by atoms with E-state index in [2.05, 4.69) is 23.1 Å². The molecule has 0 aliphatic carbocycles. The first kappa shape index (κ1) is 14.4. The van der Waals surface area contributed by atoms with Crippen LogP contribution < -0.4 is 10.2 Å². The van der Waals surface area contributed by atoms with Gasteiger partial charge in [0.25, 0.3) is 0 Å². The van der Waals surface area contributed by atoms with Crippen LogP contribution in [0.5, 0.6) is 5.75 Å². The number of hydrogen-bond donors (Lipinski definition) is 2. The van der Waals surface area contributed by atoms with Crippen LogP contribution in [0.1, 0.15) is 31.9 Å². The average Bonchev–Trinajstić information content (AvgIpc) is 2.37. The number of rotatable bonds is 6. The van der Waals surface area contributed by atoms with Crippen LogP contribution in [0.3, 0.4) is 0 Å². The highest BCUT2D eigenvalue weighted by Crippen LogP contribution is 2.28. The summed E-state index contributed by atoms with van der Waals surface area (Å²) in [6, 6.07) is 5.88. The Morgan fingerprint density at radius 2 is 2.22 bits per heavy atom. The van der Waals surface area contributed by atoms with E-state index in [1.54, 1.807) is 6.07 Å². The molecular weight excluding hydrogens is 224 g/mol. The van der Waals surface area contributed by atoms with Crippen molar-refractivity contribution in [3.05, 3.63) is 23.8 Å². The van der Waals surface area contributed by atoms with Crippen molar-refractivity contribution in [2.24, 2.45) is 0 Å². The van der Waals surface area contributed by atoms with Crippen molar-refractivity contribution in [3.8, 4) is 18.1 Å². The maximum atomic E-state index is 10.1. The molecule has 0 heterocycles. The lowest BCUT2D eigenvalue weighted by Gasteiger charge is -2.23. The van der Waals surface area contributed by atoms with Gasteiger partial charge in [0.15, 0.2) is 0 Å². The molecule has 0 aliphatic rings. The summed E-state index contributed by atoms with van der Waals surface area (Å²) in [4.78, 5) is 2.09. The summed E-state index contributed by atoms with van der Waals surface area (Å²) in [6.07, 6.45) is 6.40. The van der Waals surface area contributed by atoms with E-state index in [-0.39, 0.29) is 6.04 Å². The number of aromatic hydroxyl groups is 1. The Labute approximate surface area is 110 Å². The van der Waals surface area contributed by atoms with Crippen LogP contribution in [0.4, 0.5) is 5.69 Å². The first-order valence-electron chi connectivity index (χ1n) is 6.32. The lowest BCUT2D eigenvalue weighted by molar-refractivity contribution is 0.458. The number of hydrogen-bond acceptors (Lipinski definition) is 3. The predicted octanol–water partition coefficient (Wildman–Crippen LogP) is 2.52. The van der Waals surface area contributed by atoms with Gasteiger partial charge in [-0.25, -0.2) is 0 Å². The van der Waals surface area contributed by atoms with Crippen molar-refractivity contribution in [1.82, 2.24) is 5.32 Å². The molecular formula is C15H22N2O. The average molecular weight is 246 g/mol. The molecule has 2 N–H and O–H groups in total. The highest BCUT2D eigenvalue weighted by molar-refractivity contribution is 5.54. The normalized spacial score (nSPS) is 11.9. The van der Waals surface area contributed by atoms with Gasteiger partial charge in [0.1, 0.15) is 5.75 Å². The summed E-state index contributed by atoms with van der Waals surface area (Å²) in [7, 11) is 1.87. The maximum absolute atomic E-state index is 10.1. The standard InChI is InChI=1S/C15H22N2O/c1-5-9-17(10-6-2)13-7-8-14(12(3)16-4)15(18)11-13/h1,7-8,11-12,16,18H,6,9-10H2,2-4H3. The molecule has 0 saturated carbocycles. The van der Waals surface area contributed by atoms with Crippen LogP contribution >= 0.6 is 0 Å². The summed E-state index contributed by atoms with van der Waals surface area (Å²) in [5.41, 5.74) is 1.87. The number of phenols is 1. The molecule has 0 saturated heterocycles. The van der Waals surface area contributed by atoms with Crippen LogP contribution in [-0.2, 0) is 0 Å². The van der Waals surface area contributed by atoms with Gasteiger partial charge in [-0.15, -0.1) is 6.42 Å². The lowest BCUT2D eigenvalue weighted by atomic mass is 10.1. The van der Waals surface area contributed by atoms with E-state index in [1.165, 1.54) is 0 Å². The Hall–Kier alpha value is -1.66. The van der Waals surface area contributed by atoms with E-state index in [0.717, 1.165) is 24.2 Å². The summed E-state index contributed by atoms with van der Waals surface area (Å²) in [5, 5.41) is 13.2. The Kier molecular flexibility index (Phi) is 5.54. The largest absolute Gasteiger partial charge is 0.508 e. The number of terminal acetylenes is 1. The molecule has 18 heavy (non-hydrogen) atoms. The fraction of sp³-hybridized carbons (Fsp3) is 0.467. The van der Waals surface area contributed by atoms with Gasteiger partial charge < -0.3 is 15.3 Å². The van der Waals surface area contributed by atoms with Crippen LogP contribution in [-0.4, -0.2) is 25.2 Å². The summed E-state index contributed by atoms with van der Waals surface area (Å²) in [5.74, 6) is 2.96. The molecule has 1 atom stereocenters. The second-order valence-corrected chi connectivity index (χ2v) is 4.38. The molecule has 3 heteroatoms. The van der Waals surface area contributed by atoms with Crippen molar-refractivity contribution < 1.29 is 5.11 Å². The second-order valence-electron chi connectivity index (χ2n) is 4.38. The number of nitrogens with zero attached hydrogens (tertiary/aromatic N) is 1. The lowest BCUT2D eigenvalue weighted by Crippen LogP contribution is -2.24. The molecule has 0 fully saturated rings. The molecule has 0 aliphatic heterocycles. The molecule has 98 valence electrons. The van der Waals surface area contributed by atoms with Gasteiger partial charge in [0, 0.05) is 29.9 Å². The molecule has 0 bridgehead atoms. The Bertz CT molecular complexity index is 423. The van der Waals surface area contributed by atoms with Crippen molar-refractivity contribution in [1.29, 1.82) is 0 Å². The minimum absolute atomic E-state index is 0.131. The molecule has 0 aromatic heterocycles. The zero-order chi connectivity index (χ0) is 13.5. The van der Waals surface area contributed by atoms with Crippen LogP contribution in [0.2, 0.25) is 0 Å². The van der Waals surface area contributed by atoms with Crippen LogP contribution in [0.15, 0.2) is 18.2 Å². The van der Waals surface area contributed by atoms with Crippen LogP contribution in [0.25, 0.3) is 0 Å². The van der Waals surface area contributed by atoms with Crippen molar-refractivity contribution >= 4 is 5.69 Å². The number of benzene rings is 1. The third-order valence-corrected chi connectivity index (χ3v) is 3.05. The van der Waals surface area contributed by atoms with Crippen molar-refractivity contribution in [2.75, 3.05) is 25.0 Å². The molecule has 1 unspecified atom stereocenters. The molecule has 1 rings (SSSR count). The monoisotopic (exact) mass is 246 g/mol. The summed E-state index contributed by atoms with van der Waals surface area (Å²) >= 11 is 0. The zero-order valence-corrected chi connectivity index (χ0v) is 11.4. The zero-order valence-electron chi connectivity index (χ0n) is 11.4. The predicted molar refractivity (Wildman–Crippen MR) is 76.9 cm³/mol. The topological polar surface area (TPSA) is 35.5 Å². The fourth-order valence-electron chi connectivity index (χ4n) is 1.93. The molecule has 0 spiro atoms. The molecule has 3 nitrogen and oxygen atoms in total. The second kappa shape index (κ2) is 6.93. The van der Waals surface area contributed by atoms with E-state index in [0.29, 0.717) is 12.3 Å². The van der Waals surface area contributed by atoms with Crippen LogP contribution in [0, 0.1) is 12.3 Å². The molecule has 0 amide bonds. The van der Waals surface area contributed by atoms with E-state index < -0.39 is 0 Å². The third-order valence-electron chi connectivity index (χ3n) is 3.05. The van der Waals surface area contributed by atoms with Gasteiger partial charge in [-0.2, -0.15) is 0 Å². The van der Waals surface area contributed by atoms with Crippen molar-refractivity contribution in [2.45, 2.75) is 26.3 Å². The van der Waals surface area contributed by atoms with Gasteiger partial charge in [-0.3, -0.25) is 0 Å². The first-order valence-corrected chi connectivity index (χ1v) is 6.32. The summed E-state index contributed by atoms with van der Waals surface area (Å²) in [6.45, 7) is 5.58. The Balaban J connectivity index is 2.98. The Morgan fingerprint density at radius 3 is 2.72 bits per heavy atom. The quantitative estimate of drug-likeness (QED) is 0.757. The summed E-state index contributed by atoms with van der Waals surface area (Å²) < 4.78 is 0. The minimum Gasteiger partial charge on any atom is -0.508 e. The van der Waals surface area contributed by atoms with Gasteiger partial charge in [0.05, 0.1) is 6.54 Å². The van der Waals surface area contributed by atoms with Gasteiger partial charge in [-0.05, 0) is 26.5 Å². The minimum atomic E-state index is 0.131. The molecule has 1 aromatic rings. The number of nitrogens with one attached hydrogen (secondary N) is 1. The van der Waals surface area contributed by atoms with Crippen molar-refractivity contribution in [3.63, 3.8) is 0 Å². The smallest absolute Gasteiger partial charge is 0.122 e. The highest BCUT2D eigenvalue weighted by atomic mass is 16.3.